The van der Waals surface area contributed by atoms with Crippen molar-refractivity contribution in [1.82, 2.24) is 9.71 Å². The van der Waals surface area contributed by atoms with E-state index in [-0.39, 0.29) is 16.2 Å². The quantitative estimate of drug-likeness (QED) is 0.0861. The van der Waals surface area contributed by atoms with Crippen LogP contribution < -0.4 is 15.8 Å². The monoisotopic (exact) mass is 632 g/mol. The molecule has 0 saturated heterocycles. The van der Waals surface area contributed by atoms with Gasteiger partial charge in [-0.05, 0) is 49.4 Å². The summed E-state index contributed by atoms with van der Waals surface area (Å²) in [5.41, 5.74) is 2.27. The van der Waals surface area contributed by atoms with Crippen LogP contribution in [0.2, 0.25) is 6.32 Å². The van der Waals surface area contributed by atoms with E-state index in [9.17, 15) is 13.2 Å². The van der Waals surface area contributed by atoms with Gasteiger partial charge in [0.25, 0.3) is 0 Å². The van der Waals surface area contributed by atoms with Gasteiger partial charge < -0.3 is 4.84 Å². The number of rotatable bonds is 12. The molecular formula is C34H48BF3N2OS2. The summed E-state index contributed by atoms with van der Waals surface area (Å²) in [6.45, 7) is 18.3. The van der Waals surface area contributed by atoms with Gasteiger partial charge in [-0.15, -0.1) is 23.5 Å². The zero-order chi connectivity index (χ0) is 32.1. The Morgan fingerprint density at radius 3 is 1.77 bits per heavy atom. The van der Waals surface area contributed by atoms with E-state index in [0.717, 1.165) is 29.9 Å². The zero-order valence-electron chi connectivity index (χ0n) is 26.9. The number of halogens is 3. The molecule has 0 amide bonds. The highest BCUT2D eigenvalue weighted by Gasteiger charge is 2.23. The molecule has 236 valence electrons. The van der Waals surface area contributed by atoms with Crippen molar-refractivity contribution in [2.45, 2.75) is 106 Å². The van der Waals surface area contributed by atoms with Crippen LogP contribution in [0.3, 0.4) is 0 Å². The molecule has 0 radical (unpaired) electrons. The lowest BCUT2D eigenvalue weighted by Gasteiger charge is -2.20. The maximum Gasteiger partial charge on any atom is 0.409 e. The second-order valence-corrected chi connectivity index (χ2v) is 16.7. The molecule has 0 aliphatic carbocycles. The Kier molecular flexibility index (Phi) is 14.9. The summed E-state index contributed by atoms with van der Waals surface area (Å²) in [6, 6.07) is 16.9. The number of hydrogen-bond donors (Lipinski definition) is 0. The molecule has 3 nitrogen and oxygen atoms in total. The average Bonchev–Trinajstić information content (AvgIpc) is 3.40. The van der Waals surface area contributed by atoms with Gasteiger partial charge in [-0.3, -0.25) is 0 Å². The van der Waals surface area contributed by atoms with E-state index in [0.29, 0.717) is 18.8 Å². The highest BCUT2D eigenvalue weighted by Crippen LogP contribution is 2.32. The summed E-state index contributed by atoms with van der Waals surface area (Å²) in [6.07, 6.45) is 5.83. The Morgan fingerprint density at radius 1 is 0.860 bits per heavy atom. The summed E-state index contributed by atoms with van der Waals surface area (Å²) in [4.78, 5) is 11.6. The summed E-state index contributed by atoms with van der Waals surface area (Å²) in [5.74, 6) is 0.761. The highest BCUT2D eigenvalue weighted by atomic mass is 32.2. The van der Waals surface area contributed by atoms with E-state index < -0.39 is 6.18 Å². The first-order valence-corrected chi connectivity index (χ1v) is 16.6. The van der Waals surface area contributed by atoms with E-state index >= 15 is 0 Å². The molecule has 3 aromatic rings. The van der Waals surface area contributed by atoms with Gasteiger partial charge in [0.1, 0.15) is 12.9 Å². The van der Waals surface area contributed by atoms with Crippen LogP contribution in [0.5, 0.6) is 0 Å². The van der Waals surface area contributed by atoms with Crippen LogP contribution in [0.1, 0.15) is 74.7 Å². The van der Waals surface area contributed by atoms with Crippen molar-refractivity contribution in [2.24, 2.45) is 5.92 Å². The largest absolute Gasteiger partial charge is 0.413 e. The molecule has 0 N–H and O–H groups in total. The molecule has 0 aliphatic rings. The SMILES string of the molecule is CC(C)(C)Sc1ccc(B(CCC=CC(F)(F)F)c2ccc(SC(C)(C)C)cc2)cc1.CC(C)CCCOn1ccnc1. The first kappa shape index (κ1) is 36.9. The maximum absolute atomic E-state index is 12.5. The third-order valence-corrected chi connectivity index (χ3v) is 8.23. The van der Waals surface area contributed by atoms with Gasteiger partial charge in [0.15, 0.2) is 0 Å². The molecule has 0 unspecified atom stereocenters. The number of imidazole rings is 1. The molecule has 0 fully saturated rings. The Hall–Kier alpha value is -2.26. The van der Waals surface area contributed by atoms with Gasteiger partial charge in [-0.2, -0.15) is 17.9 Å². The number of hydrogen-bond acceptors (Lipinski definition) is 4. The molecule has 3 rings (SSSR count). The zero-order valence-corrected chi connectivity index (χ0v) is 28.6. The van der Waals surface area contributed by atoms with E-state index in [2.05, 4.69) is 109 Å². The molecule has 0 aliphatic heterocycles. The smallest absolute Gasteiger partial charge is 0.409 e. The molecule has 1 aromatic heterocycles. The van der Waals surface area contributed by atoms with Crippen LogP contribution in [0.4, 0.5) is 13.2 Å². The molecule has 9 heteroatoms. The van der Waals surface area contributed by atoms with Crippen LogP contribution in [-0.4, -0.2) is 38.7 Å². The van der Waals surface area contributed by atoms with Crippen molar-refractivity contribution in [3.05, 3.63) is 79.4 Å². The van der Waals surface area contributed by atoms with Crippen LogP contribution in [-0.2, 0) is 0 Å². The number of allylic oxidation sites excluding steroid dienone is 2. The fourth-order valence-corrected chi connectivity index (χ4v) is 6.19. The predicted molar refractivity (Wildman–Crippen MR) is 181 cm³/mol. The van der Waals surface area contributed by atoms with Crippen LogP contribution in [0, 0.1) is 5.92 Å². The maximum atomic E-state index is 12.5. The number of nitrogens with zero attached hydrogens (tertiary/aromatic N) is 2. The van der Waals surface area contributed by atoms with Crippen molar-refractivity contribution < 1.29 is 18.0 Å². The van der Waals surface area contributed by atoms with Crippen LogP contribution in [0.25, 0.3) is 0 Å². The minimum absolute atomic E-state index is 0.0558. The van der Waals surface area contributed by atoms with Crippen LogP contribution in [0.15, 0.2) is 89.2 Å². The van der Waals surface area contributed by atoms with Gasteiger partial charge in [0, 0.05) is 31.6 Å². The van der Waals surface area contributed by atoms with E-state index in [1.165, 1.54) is 22.3 Å². The normalized spacial score (nSPS) is 12.4. The predicted octanol–water partition coefficient (Wildman–Crippen LogP) is 9.33. The lowest BCUT2D eigenvalue weighted by Crippen LogP contribution is -2.41. The van der Waals surface area contributed by atoms with Crippen molar-refractivity contribution in [1.29, 1.82) is 0 Å². The van der Waals surface area contributed by atoms with E-state index in [1.54, 1.807) is 23.5 Å². The Labute approximate surface area is 266 Å². The topological polar surface area (TPSA) is 27.1 Å². The Bertz CT molecular complexity index is 1140. The molecule has 43 heavy (non-hydrogen) atoms. The fourth-order valence-electron chi connectivity index (χ4n) is 4.23. The molecule has 0 atom stereocenters. The lowest BCUT2D eigenvalue weighted by molar-refractivity contribution is -0.0800. The summed E-state index contributed by atoms with van der Waals surface area (Å²) in [5, 5.41) is 0. The minimum atomic E-state index is -4.26. The molecule has 0 spiro atoms. The summed E-state index contributed by atoms with van der Waals surface area (Å²) >= 11 is 3.62. The third-order valence-electron chi connectivity index (χ3n) is 5.99. The van der Waals surface area contributed by atoms with E-state index in [4.69, 9.17) is 4.84 Å². The number of alkyl halides is 3. The second-order valence-electron chi connectivity index (χ2n) is 12.9. The highest BCUT2D eigenvalue weighted by molar-refractivity contribution is 8.00. The van der Waals surface area contributed by atoms with Gasteiger partial charge in [-0.25, -0.2) is 4.98 Å². The summed E-state index contributed by atoms with van der Waals surface area (Å²) < 4.78 is 39.4. The first-order valence-electron chi connectivity index (χ1n) is 14.9. The summed E-state index contributed by atoms with van der Waals surface area (Å²) in [7, 11) is 0. The Morgan fingerprint density at radius 2 is 1.37 bits per heavy atom. The average molecular weight is 633 g/mol. The number of benzene rings is 2. The van der Waals surface area contributed by atoms with Crippen molar-refractivity contribution in [3.63, 3.8) is 0 Å². The molecule has 0 saturated carbocycles. The van der Waals surface area contributed by atoms with Crippen molar-refractivity contribution >= 4 is 41.2 Å². The number of aromatic nitrogens is 2. The van der Waals surface area contributed by atoms with Gasteiger partial charge in [-0.1, -0.05) is 103 Å². The number of thioether (sulfide) groups is 2. The first-order chi connectivity index (χ1) is 20.0. The van der Waals surface area contributed by atoms with Gasteiger partial charge >= 0.3 is 6.18 Å². The van der Waals surface area contributed by atoms with Gasteiger partial charge in [0.2, 0.25) is 6.71 Å². The minimum Gasteiger partial charge on any atom is -0.413 e. The molecule has 1 heterocycles. The lowest BCUT2D eigenvalue weighted by atomic mass is 9.38. The third kappa shape index (κ3) is 17.0. The van der Waals surface area contributed by atoms with Crippen LogP contribution >= 0.6 is 23.5 Å². The van der Waals surface area contributed by atoms with Crippen molar-refractivity contribution in [3.8, 4) is 0 Å². The second kappa shape index (κ2) is 17.3. The standard InChI is InChI=1S/C25H32BF3S2.C9H16N2O/c1-23(2,3)30-21-13-9-19(10-14-21)26(18-8-7-17-25(27,28)29)20-11-15-22(16-12-20)31-24(4,5)6;1-9(2)4-3-7-12-11-6-5-10-8-11/h7,9-17H,8,18H2,1-6H3;5-6,8-9H,3-4,7H2,1-2H3. The molecular weight excluding hydrogens is 584 g/mol. The van der Waals surface area contributed by atoms with Gasteiger partial charge in [0.05, 0.1) is 6.20 Å². The fraction of sp³-hybridized carbons (Fsp3) is 0.500. The van der Waals surface area contributed by atoms with Crippen molar-refractivity contribution in [2.75, 3.05) is 6.61 Å². The van der Waals surface area contributed by atoms with E-state index in [1.807, 2.05) is 23.5 Å². The molecule has 0 bridgehead atoms. The molecule has 2 aromatic carbocycles. The Balaban J connectivity index is 0.000000448.